The number of nitrogens with one attached hydrogen (secondary N) is 1. The molecule has 0 saturated heterocycles. The fourth-order valence-corrected chi connectivity index (χ4v) is 4.59. The molecule has 0 atom stereocenters. The van der Waals surface area contributed by atoms with E-state index in [0.717, 1.165) is 0 Å². The van der Waals surface area contributed by atoms with Crippen LogP contribution in [0.2, 0.25) is 0 Å². The van der Waals surface area contributed by atoms with Crippen molar-refractivity contribution in [2.45, 2.75) is 31.6 Å². The van der Waals surface area contributed by atoms with Crippen LogP contribution in [-0.2, 0) is 26.8 Å². The van der Waals surface area contributed by atoms with Gasteiger partial charge in [0.25, 0.3) is 0 Å². The number of benzene rings is 2. The van der Waals surface area contributed by atoms with Gasteiger partial charge in [-0.3, -0.25) is 0 Å². The van der Waals surface area contributed by atoms with E-state index in [4.69, 9.17) is 18.9 Å². The lowest BCUT2D eigenvalue weighted by molar-refractivity contribution is -0.141. The number of methoxy groups -OCH3 is 4. The summed E-state index contributed by atoms with van der Waals surface area (Å²) >= 11 is 0. The number of ether oxygens (including phenoxy) is 4. The quantitative estimate of drug-likeness (QED) is 0.471. The van der Waals surface area contributed by atoms with E-state index in [9.17, 15) is 18.3 Å². The minimum absolute atomic E-state index is 0.137. The molecule has 2 N–H and O–H groups in total. The zero-order valence-electron chi connectivity index (χ0n) is 19.7. The number of hydrogen-bond donors (Lipinski definition) is 2. The van der Waals surface area contributed by atoms with Crippen molar-refractivity contribution in [1.82, 2.24) is 0 Å². The van der Waals surface area contributed by atoms with Gasteiger partial charge in [-0.1, -0.05) is 6.07 Å². The van der Waals surface area contributed by atoms with Gasteiger partial charge in [-0.25, -0.2) is 13.2 Å². The second-order valence-corrected chi connectivity index (χ2v) is 10.1. The molecule has 10 heteroatoms. The average molecular weight is 482 g/mol. The van der Waals surface area contributed by atoms with E-state index in [0.29, 0.717) is 39.8 Å². The summed E-state index contributed by atoms with van der Waals surface area (Å²) in [7, 11) is 2.45. The molecule has 2 aromatic rings. The van der Waals surface area contributed by atoms with Crippen LogP contribution >= 0.6 is 0 Å². The van der Waals surface area contributed by atoms with Crippen molar-refractivity contribution in [3.05, 3.63) is 41.5 Å². The van der Waals surface area contributed by atoms with Gasteiger partial charge in [0, 0.05) is 17.7 Å². The Kier molecular flexibility index (Phi) is 8.43. The summed E-state index contributed by atoms with van der Waals surface area (Å²) in [6.07, 6.45) is 0.186. The summed E-state index contributed by atoms with van der Waals surface area (Å²) in [6, 6.07) is 8.20. The monoisotopic (exact) mass is 481 g/mol. The standard InChI is InChI=1S/C23H31NO8S/c1-23(2,22(25)26)24-18-11-15(7-8-19(18)30-4)14-33(27,28)10-9-17-20(31-5)12-16(29-3)13-21(17)32-6/h7-8,11-13,24H,9-10,14H2,1-6H3,(H,25,26). The van der Waals surface area contributed by atoms with Crippen molar-refractivity contribution in [2.24, 2.45) is 0 Å². The van der Waals surface area contributed by atoms with Gasteiger partial charge < -0.3 is 29.4 Å². The molecule has 182 valence electrons. The molecular weight excluding hydrogens is 450 g/mol. The largest absolute Gasteiger partial charge is 0.496 e. The van der Waals surface area contributed by atoms with Crippen molar-refractivity contribution >= 4 is 21.5 Å². The van der Waals surface area contributed by atoms with Crippen LogP contribution in [0.25, 0.3) is 0 Å². The van der Waals surface area contributed by atoms with Crippen molar-refractivity contribution < 1.29 is 37.3 Å². The Balaban J connectivity index is 2.25. The molecule has 0 spiro atoms. The maximum atomic E-state index is 12.9. The van der Waals surface area contributed by atoms with Gasteiger partial charge in [0.1, 0.15) is 28.5 Å². The lowest BCUT2D eigenvalue weighted by Gasteiger charge is -2.24. The average Bonchev–Trinajstić information content (AvgIpc) is 2.76. The van der Waals surface area contributed by atoms with Crippen molar-refractivity contribution in [3.8, 4) is 23.0 Å². The zero-order valence-corrected chi connectivity index (χ0v) is 20.5. The van der Waals surface area contributed by atoms with E-state index in [1.165, 1.54) is 42.3 Å². The van der Waals surface area contributed by atoms with Gasteiger partial charge in [-0.15, -0.1) is 0 Å². The third-order valence-electron chi connectivity index (χ3n) is 5.11. The molecule has 9 nitrogen and oxygen atoms in total. The van der Waals surface area contributed by atoms with E-state index in [1.54, 1.807) is 30.3 Å². The van der Waals surface area contributed by atoms with E-state index in [2.05, 4.69) is 5.32 Å². The first-order chi connectivity index (χ1) is 15.5. The number of carboxylic acids is 1. The zero-order chi connectivity index (χ0) is 24.8. The Morgan fingerprint density at radius 1 is 0.939 bits per heavy atom. The molecule has 0 heterocycles. The molecule has 33 heavy (non-hydrogen) atoms. The lowest BCUT2D eigenvalue weighted by atomic mass is 10.0. The predicted molar refractivity (Wildman–Crippen MR) is 126 cm³/mol. The number of carboxylic acid groups (broad SMARTS) is 1. The third-order valence-corrected chi connectivity index (χ3v) is 6.71. The van der Waals surface area contributed by atoms with Crippen LogP contribution < -0.4 is 24.3 Å². The highest BCUT2D eigenvalue weighted by atomic mass is 32.2. The Hall–Kier alpha value is -3.14. The summed E-state index contributed by atoms with van der Waals surface area (Å²) in [5.74, 6) is 0.504. The summed E-state index contributed by atoms with van der Waals surface area (Å²) in [6.45, 7) is 3.02. The van der Waals surface area contributed by atoms with Crippen molar-refractivity contribution in [2.75, 3.05) is 39.5 Å². The molecule has 0 amide bonds. The minimum Gasteiger partial charge on any atom is -0.496 e. The number of anilines is 1. The van der Waals surface area contributed by atoms with Crippen LogP contribution in [0.15, 0.2) is 30.3 Å². The van der Waals surface area contributed by atoms with Gasteiger partial charge in [0.05, 0.1) is 45.6 Å². The van der Waals surface area contributed by atoms with Crippen molar-refractivity contribution in [3.63, 3.8) is 0 Å². The highest BCUT2D eigenvalue weighted by Gasteiger charge is 2.28. The van der Waals surface area contributed by atoms with Crippen LogP contribution in [-0.4, -0.2) is 59.2 Å². The molecule has 0 aliphatic heterocycles. The lowest BCUT2D eigenvalue weighted by Crippen LogP contribution is -2.40. The fourth-order valence-electron chi connectivity index (χ4n) is 3.24. The second-order valence-electron chi connectivity index (χ2n) is 7.94. The van der Waals surface area contributed by atoms with Gasteiger partial charge >= 0.3 is 5.97 Å². The smallest absolute Gasteiger partial charge is 0.328 e. The highest BCUT2D eigenvalue weighted by molar-refractivity contribution is 7.90. The molecule has 0 aliphatic carbocycles. The van der Waals surface area contributed by atoms with Crippen molar-refractivity contribution in [1.29, 1.82) is 0 Å². The molecule has 2 rings (SSSR count). The van der Waals surface area contributed by atoms with Crippen LogP contribution in [0.4, 0.5) is 5.69 Å². The van der Waals surface area contributed by atoms with Crippen LogP contribution in [0, 0.1) is 0 Å². The van der Waals surface area contributed by atoms with Gasteiger partial charge in [-0.2, -0.15) is 0 Å². The van der Waals surface area contributed by atoms with E-state index < -0.39 is 21.3 Å². The second kappa shape index (κ2) is 10.7. The predicted octanol–water partition coefficient (Wildman–Crippen LogP) is 3.15. The Morgan fingerprint density at radius 2 is 1.52 bits per heavy atom. The summed E-state index contributed by atoms with van der Waals surface area (Å²) in [5, 5.41) is 12.3. The first kappa shape index (κ1) is 26.1. The highest BCUT2D eigenvalue weighted by Crippen LogP contribution is 2.35. The third kappa shape index (κ3) is 6.67. The maximum absolute atomic E-state index is 12.9. The first-order valence-corrected chi connectivity index (χ1v) is 12.0. The van der Waals surface area contributed by atoms with Crippen LogP contribution in [0.1, 0.15) is 25.0 Å². The molecule has 0 radical (unpaired) electrons. The maximum Gasteiger partial charge on any atom is 0.328 e. The topological polar surface area (TPSA) is 120 Å². The number of aliphatic carboxylic acids is 1. The Labute approximate surface area is 194 Å². The van der Waals surface area contributed by atoms with Crippen LogP contribution in [0.5, 0.6) is 23.0 Å². The molecule has 2 aromatic carbocycles. The molecule has 0 saturated carbocycles. The summed E-state index contributed by atoms with van der Waals surface area (Å²) in [5.41, 5.74) is 0.264. The number of hydrogen-bond acceptors (Lipinski definition) is 8. The molecule has 0 aromatic heterocycles. The Bertz CT molecular complexity index is 1070. The molecule has 0 bridgehead atoms. The molecule has 0 unspecified atom stereocenters. The normalized spacial score (nSPS) is 11.6. The van der Waals surface area contributed by atoms with Crippen LogP contribution in [0.3, 0.4) is 0 Å². The first-order valence-electron chi connectivity index (χ1n) is 10.1. The fraction of sp³-hybridized carbons (Fsp3) is 0.435. The van der Waals surface area contributed by atoms with E-state index >= 15 is 0 Å². The number of rotatable bonds is 12. The van der Waals surface area contributed by atoms with E-state index in [1.807, 2.05) is 0 Å². The van der Waals surface area contributed by atoms with Gasteiger partial charge in [-0.05, 0) is 38.0 Å². The van der Waals surface area contributed by atoms with Gasteiger partial charge in [0.2, 0.25) is 0 Å². The van der Waals surface area contributed by atoms with Gasteiger partial charge in [0.15, 0.2) is 9.84 Å². The van der Waals surface area contributed by atoms with E-state index in [-0.39, 0.29) is 17.9 Å². The Morgan fingerprint density at radius 3 is 2.00 bits per heavy atom. The molecule has 0 aliphatic rings. The molecule has 0 fully saturated rings. The number of carbonyl (C=O) groups is 1. The SMILES string of the molecule is COc1cc(OC)c(CCS(=O)(=O)Cc2ccc(OC)c(NC(C)(C)C(=O)O)c2)c(OC)c1. The molecular formula is C23H31NO8S. The number of sulfone groups is 1. The summed E-state index contributed by atoms with van der Waals surface area (Å²) in [4.78, 5) is 11.5. The summed E-state index contributed by atoms with van der Waals surface area (Å²) < 4.78 is 47.1. The minimum atomic E-state index is -3.52.